The van der Waals surface area contributed by atoms with Gasteiger partial charge in [0.1, 0.15) is 25.4 Å². The molecule has 1 radical (unpaired) electrons. The second-order valence-corrected chi connectivity index (χ2v) is 7.42. The van der Waals surface area contributed by atoms with Gasteiger partial charge < -0.3 is 14.4 Å². The topological polar surface area (TPSA) is 56.7 Å². The Bertz CT molecular complexity index is 1290. The van der Waals surface area contributed by atoms with Crippen LogP contribution < -0.4 is 14.8 Å². The third kappa shape index (κ3) is 3.84. The first-order chi connectivity index (χ1) is 13.8. The number of benzene rings is 3. The van der Waals surface area contributed by atoms with Gasteiger partial charge in [0.15, 0.2) is 0 Å². The molecule has 0 fully saturated rings. The first-order valence-electron chi connectivity index (χ1n) is 9.29. The molecule has 0 spiro atoms. The summed E-state index contributed by atoms with van der Waals surface area (Å²) in [5.41, 5.74) is 4.56. The minimum atomic E-state index is -0.959. The summed E-state index contributed by atoms with van der Waals surface area (Å²) in [5.74, 6) is -0.219. The smallest absolute Gasteiger partial charge is 0.316 e. The summed E-state index contributed by atoms with van der Waals surface area (Å²) in [6.07, 6.45) is 0. The Labute approximate surface area is 185 Å². The Kier molecular flexibility index (Phi) is 6.01. The number of hydrogen-bond donors (Lipinski definition) is 1. The average Bonchev–Trinajstić information content (AvgIpc) is 2.71. The van der Waals surface area contributed by atoms with Gasteiger partial charge in [-0.3, -0.25) is 0 Å². The van der Waals surface area contributed by atoms with Crippen LogP contribution in [0.25, 0.3) is 33.4 Å². The van der Waals surface area contributed by atoms with Crippen molar-refractivity contribution in [3.05, 3.63) is 71.6 Å². The molecule has 0 amide bonds. The quantitative estimate of drug-likeness (QED) is 0.296. The summed E-state index contributed by atoms with van der Waals surface area (Å²) >= 11 is 0. The van der Waals surface area contributed by atoms with E-state index in [1.165, 1.54) is 0 Å². The SMILES string of the molecule is CN(C)c1ccc2c(-c3[c-]ccc(C(=O)O)c3)c3ccc(=[N+](C)C)cc-3oc2c1.[Co]. The predicted molar refractivity (Wildman–Crippen MR) is 116 cm³/mol. The van der Waals surface area contributed by atoms with Gasteiger partial charge >= 0.3 is 5.97 Å². The molecule has 155 valence electrons. The van der Waals surface area contributed by atoms with Crippen LogP contribution in [0.5, 0.6) is 0 Å². The Balaban J connectivity index is 0.00000256. The zero-order valence-corrected chi connectivity index (χ0v) is 18.2. The zero-order valence-electron chi connectivity index (χ0n) is 17.2. The van der Waals surface area contributed by atoms with Crippen molar-refractivity contribution < 1.29 is 31.1 Å². The summed E-state index contributed by atoms with van der Waals surface area (Å²) in [7, 11) is 7.93. The van der Waals surface area contributed by atoms with Gasteiger partial charge in [0, 0.05) is 48.7 Å². The van der Waals surface area contributed by atoms with Gasteiger partial charge in [0.2, 0.25) is 5.36 Å². The molecule has 0 bridgehead atoms. The fraction of sp³-hybridized carbons (Fsp3) is 0.167. The Morgan fingerprint density at radius 1 is 1.07 bits per heavy atom. The van der Waals surface area contributed by atoms with Gasteiger partial charge in [-0.2, -0.15) is 0 Å². The van der Waals surface area contributed by atoms with Crippen LogP contribution in [0.15, 0.2) is 59.0 Å². The van der Waals surface area contributed by atoms with Crippen LogP contribution in [0.1, 0.15) is 10.4 Å². The number of fused-ring (bicyclic) bond motifs is 2. The van der Waals surface area contributed by atoms with Crippen molar-refractivity contribution in [1.29, 1.82) is 0 Å². The molecule has 30 heavy (non-hydrogen) atoms. The van der Waals surface area contributed by atoms with Crippen molar-refractivity contribution in [1.82, 2.24) is 4.58 Å². The monoisotopic (exact) mass is 445 g/mol. The van der Waals surface area contributed by atoms with Crippen molar-refractivity contribution in [2.75, 3.05) is 33.1 Å². The summed E-state index contributed by atoms with van der Waals surface area (Å²) in [6.45, 7) is 0. The van der Waals surface area contributed by atoms with Gasteiger partial charge in [-0.25, -0.2) is 9.37 Å². The summed E-state index contributed by atoms with van der Waals surface area (Å²) < 4.78 is 8.30. The molecule has 0 atom stereocenters. The average molecular weight is 445 g/mol. The molecule has 5 nitrogen and oxygen atoms in total. The number of nitrogens with zero attached hydrogens (tertiary/aromatic N) is 2. The second kappa shape index (κ2) is 8.34. The van der Waals surface area contributed by atoms with E-state index >= 15 is 0 Å². The molecule has 6 heteroatoms. The van der Waals surface area contributed by atoms with E-state index in [-0.39, 0.29) is 22.3 Å². The Morgan fingerprint density at radius 2 is 1.83 bits per heavy atom. The van der Waals surface area contributed by atoms with Gasteiger partial charge in [0.05, 0.1) is 6.07 Å². The van der Waals surface area contributed by atoms with Crippen LogP contribution in [0.3, 0.4) is 0 Å². The molecule has 0 saturated heterocycles. The largest absolute Gasteiger partial charge is 0.479 e. The molecular weight excluding hydrogens is 423 g/mol. The zero-order chi connectivity index (χ0) is 20.7. The maximum absolute atomic E-state index is 11.5. The van der Waals surface area contributed by atoms with E-state index in [0.717, 1.165) is 44.5 Å². The molecule has 1 N–H and O–H groups in total. The number of carbonyl (C=O) groups is 1. The minimum Gasteiger partial charge on any atom is -0.479 e. The van der Waals surface area contributed by atoms with Crippen molar-refractivity contribution in [3.8, 4) is 22.5 Å². The fourth-order valence-electron chi connectivity index (χ4n) is 3.46. The van der Waals surface area contributed by atoms with E-state index < -0.39 is 5.97 Å². The summed E-state index contributed by atoms with van der Waals surface area (Å²) in [6, 6.07) is 20.2. The van der Waals surface area contributed by atoms with Crippen LogP contribution in [0.2, 0.25) is 0 Å². The van der Waals surface area contributed by atoms with E-state index in [9.17, 15) is 9.90 Å². The number of anilines is 1. The molecule has 0 saturated carbocycles. The number of carboxylic acids is 1. The third-order valence-electron chi connectivity index (χ3n) is 5.04. The molecule has 4 rings (SSSR count). The predicted octanol–water partition coefficient (Wildman–Crippen LogP) is 3.80. The molecular formula is C24H22CoN2O3. The summed E-state index contributed by atoms with van der Waals surface area (Å²) in [4.78, 5) is 13.5. The van der Waals surface area contributed by atoms with E-state index in [4.69, 9.17) is 4.42 Å². The Morgan fingerprint density at radius 3 is 2.50 bits per heavy atom. The molecule has 1 aliphatic carbocycles. The minimum absolute atomic E-state index is 0. The molecule has 1 aliphatic heterocycles. The van der Waals surface area contributed by atoms with Crippen LogP contribution in [0, 0.1) is 6.07 Å². The van der Waals surface area contributed by atoms with Gasteiger partial charge in [-0.15, -0.1) is 29.8 Å². The summed E-state index contributed by atoms with van der Waals surface area (Å²) in [5, 5.41) is 11.4. The maximum atomic E-state index is 11.5. The van der Waals surface area contributed by atoms with Crippen molar-refractivity contribution in [2.45, 2.75) is 0 Å². The van der Waals surface area contributed by atoms with E-state index in [2.05, 4.69) is 6.07 Å². The maximum Gasteiger partial charge on any atom is 0.316 e. The van der Waals surface area contributed by atoms with Crippen molar-refractivity contribution in [2.24, 2.45) is 0 Å². The number of hydrogen-bond acceptors (Lipinski definition) is 3. The van der Waals surface area contributed by atoms with Crippen LogP contribution in [0.4, 0.5) is 5.69 Å². The standard InChI is InChI=1S/C24H22N2O3.Co/c1-25(2)17-8-10-19-21(13-17)29-22-14-18(26(3)4)9-11-20(22)23(19)15-6-5-7-16(12-15)24(27)28;/h5,7-14H,1-4H3,(H,27,28);. The number of aromatic carboxylic acids is 1. The van der Waals surface area contributed by atoms with Gasteiger partial charge in [-0.1, -0.05) is 17.7 Å². The van der Waals surface area contributed by atoms with Crippen molar-refractivity contribution in [3.63, 3.8) is 0 Å². The van der Waals surface area contributed by atoms with Crippen LogP contribution >= 0.6 is 0 Å². The fourth-order valence-corrected chi connectivity index (χ4v) is 3.46. The first kappa shape index (κ1) is 21.6. The van der Waals surface area contributed by atoms with E-state index in [1.54, 1.807) is 18.2 Å². The van der Waals surface area contributed by atoms with Gasteiger partial charge in [0.25, 0.3) is 0 Å². The Hall–Kier alpha value is -3.09. The molecule has 2 aliphatic rings. The number of rotatable bonds is 3. The molecule has 1 heterocycles. The number of carboxylic acid groups (broad SMARTS) is 1. The molecule has 2 aromatic carbocycles. The van der Waals surface area contributed by atoms with Crippen molar-refractivity contribution >= 4 is 22.6 Å². The molecule has 0 aromatic heterocycles. The van der Waals surface area contributed by atoms with Crippen LogP contribution in [-0.2, 0) is 16.8 Å². The second-order valence-electron chi connectivity index (χ2n) is 7.42. The third-order valence-corrected chi connectivity index (χ3v) is 5.04. The molecule has 2 aromatic rings. The van der Waals surface area contributed by atoms with Gasteiger partial charge in [-0.05, 0) is 22.6 Å². The van der Waals surface area contributed by atoms with E-state index in [1.807, 2.05) is 74.1 Å². The normalized spacial score (nSPS) is 10.7. The van der Waals surface area contributed by atoms with E-state index in [0.29, 0.717) is 0 Å². The van der Waals surface area contributed by atoms with Crippen LogP contribution in [-0.4, -0.2) is 39.3 Å². The first-order valence-corrected chi connectivity index (χ1v) is 9.29. The molecule has 0 unspecified atom stereocenters.